The van der Waals surface area contributed by atoms with Crippen LogP contribution in [0.25, 0.3) is 0 Å². The van der Waals surface area contributed by atoms with E-state index < -0.39 is 23.2 Å². The number of carbonyl (C=O) groups is 1. The highest BCUT2D eigenvalue weighted by molar-refractivity contribution is 7.90. The van der Waals surface area contributed by atoms with Gasteiger partial charge in [0.2, 0.25) is 0 Å². The van der Waals surface area contributed by atoms with Gasteiger partial charge in [-0.3, -0.25) is 4.79 Å². The second kappa shape index (κ2) is 19.5. The fraction of sp³-hybridized carbons (Fsp3) is 0.952. The third-order valence-corrected chi connectivity index (χ3v) is 5.72. The van der Waals surface area contributed by atoms with Crippen molar-refractivity contribution < 1.29 is 14.5 Å². The van der Waals surface area contributed by atoms with E-state index in [-0.39, 0.29) is 0 Å². The number of carboxylic acids is 1. The molecular formula is C21H43NO3S. The SMILES string of the molecule is CCCCCCCCCCCCCCCCNC(CC[S+](C)[O-])C(=O)O. The lowest BCUT2D eigenvalue weighted by atomic mass is 10.0. The van der Waals surface area contributed by atoms with E-state index in [4.69, 9.17) is 5.11 Å². The summed E-state index contributed by atoms with van der Waals surface area (Å²) < 4.78 is 11.1. The molecular weight excluding hydrogens is 346 g/mol. The molecule has 0 amide bonds. The maximum absolute atomic E-state index is 11.1. The molecule has 0 saturated heterocycles. The lowest BCUT2D eigenvalue weighted by Crippen LogP contribution is -2.38. The normalized spacial score (nSPS) is 13.7. The van der Waals surface area contributed by atoms with Gasteiger partial charge in [-0.15, -0.1) is 0 Å². The molecule has 0 bridgehead atoms. The molecule has 0 aromatic rings. The summed E-state index contributed by atoms with van der Waals surface area (Å²) in [5.41, 5.74) is 0. The van der Waals surface area contributed by atoms with Gasteiger partial charge in [0.1, 0.15) is 11.8 Å². The smallest absolute Gasteiger partial charge is 0.320 e. The van der Waals surface area contributed by atoms with Crippen molar-refractivity contribution in [3.05, 3.63) is 0 Å². The summed E-state index contributed by atoms with van der Waals surface area (Å²) in [4.78, 5) is 11.1. The number of nitrogens with one attached hydrogen (secondary N) is 1. The Morgan fingerprint density at radius 2 is 1.31 bits per heavy atom. The quantitative estimate of drug-likeness (QED) is 0.219. The molecule has 0 aliphatic heterocycles. The van der Waals surface area contributed by atoms with E-state index in [2.05, 4.69) is 12.2 Å². The standard InChI is InChI=1S/C21H43NO3S/c1-3-4-5-6-7-8-9-10-11-12-13-14-15-16-18-22-20(21(23)24)17-19-26(2)25/h20,22H,3-19H2,1-2H3,(H,23,24). The van der Waals surface area contributed by atoms with Crippen molar-refractivity contribution >= 4 is 17.1 Å². The van der Waals surface area contributed by atoms with Crippen LogP contribution in [0.2, 0.25) is 0 Å². The van der Waals surface area contributed by atoms with Gasteiger partial charge in [-0.05, 0) is 13.0 Å². The summed E-state index contributed by atoms with van der Waals surface area (Å²) in [7, 11) is 0. The third kappa shape index (κ3) is 18.5. The van der Waals surface area contributed by atoms with Crippen LogP contribution in [0.1, 0.15) is 103 Å². The zero-order valence-corrected chi connectivity index (χ0v) is 18.1. The van der Waals surface area contributed by atoms with Crippen molar-refractivity contribution in [3.8, 4) is 0 Å². The lowest BCUT2D eigenvalue weighted by molar-refractivity contribution is -0.139. The molecule has 0 fully saturated rings. The van der Waals surface area contributed by atoms with Crippen LogP contribution < -0.4 is 5.32 Å². The van der Waals surface area contributed by atoms with Crippen LogP contribution in [0.4, 0.5) is 0 Å². The molecule has 2 unspecified atom stereocenters. The first-order chi connectivity index (χ1) is 12.6. The van der Waals surface area contributed by atoms with Crippen molar-refractivity contribution in [2.24, 2.45) is 0 Å². The third-order valence-electron chi connectivity index (χ3n) is 4.91. The van der Waals surface area contributed by atoms with Crippen LogP contribution in [0.5, 0.6) is 0 Å². The molecule has 0 aromatic carbocycles. The zero-order valence-electron chi connectivity index (χ0n) is 17.3. The molecule has 0 aromatic heterocycles. The van der Waals surface area contributed by atoms with Gasteiger partial charge in [0, 0.05) is 6.42 Å². The molecule has 0 aliphatic rings. The Bertz CT molecular complexity index is 314. The monoisotopic (exact) mass is 389 g/mol. The number of unbranched alkanes of at least 4 members (excludes halogenated alkanes) is 13. The molecule has 5 heteroatoms. The fourth-order valence-corrected chi connectivity index (χ4v) is 3.76. The van der Waals surface area contributed by atoms with E-state index in [9.17, 15) is 9.35 Å². The number of hydrogen-bond donors (Lipinski definition) is 2. The molecule has 0 radical (unpaired) electrons. The summed E-state index contributed by atoms with van der Waals surface area (Å²) in [5.74, 6) is -0.385. The van der Waals surface area contributed by atoms with E-state index in [1.54, 1.807) is 6.26 Å². The zero-order chi connectivity index (χ0) is 19.5. The van der Waals surface area contributed by atoms with Crippen LogP contribution in [0.15, 0.2) is 0 Å². The number of aliphatic carboxylic acids is 1. The second-order valence-electron chi connectivity index (χ2n) is 7.51. The van der Waals surface area contributed by atoms with Crippen molar-refractivity contribution in [1.29, 1.82) is 0 Å². The minimum atomic E-state index is -0.925. The summed E-state index contributed by atoms with van der Waals surface area (Å²) in [6, 6.07) is -0.555. The molecule has 156 valence electrons. The van der Waals surface area contributed by atoms with Gasteiger partial charge in [0.05, 0.1) is 6.26 Å². The Hall–Kier alpha value is -0.260. The van der Waals surface area contributed by atoms with Crippen molar-refractivity contribution in [2.75, 3.05) is 18.6 Å². The molecule has 26 heavy (non-hydrogen) atoms. The molecule has 4 nitrogen and oxygen atoms in total. The average Bonchev–Trinajstić information content (AvgIpc) is 2.60. The number of rotatable bonds is 20. The maximum atomic E-state index is 11.1. The number of hydrogen-bond acceptors (Lipinski definition) is 3. The first-order valence-electron chi connectivity index (χ1n) is 10.8. The van der Waals surface area contributed by atoms with Gasteiger partial charge < -0.3 is 15.0 Å². The van der Waals surface area contributed by atoms with Crippen LogP contribution in [-0.4, -0.2) is 40.2 Å². The minimum Gasteiger partial charge on any atom is -0.617 e. The van der Waals surface area contributed by atoms with Gasteiger partial charge in [-0.1, -0.05) is 102 Å². The van der Waals surface area contributed by atoms with E-state index in [0.717, 1.165) is 19.4 Å². The maximum Gasteiger partial charge on any atom is 0.320 e. The van der Waals surface area contributed by atoms with Crippen molar-refractivity contribution in [3.63, 3.8) is 0 Å². The highest BCUT2D eigenvalue weighted by atomic mass is 32.2. The first kappa shape index (κ1) is 25.7. The number of carboxylic acid groups (broad SMARTS) is 1. The lowest BCUT2D eigenvalue weighted by Gasteiger charge is -2.14. The Morgan fingerprint density at radius 3 is 1.69 bits per heavy atom. The van der Waals surface area contributed by atoms with Crippen LogP contribution in [-0.2, 0) is 16.0 Å². The highest BCUT2D eigenvalue weighted by Gasteiger charge is 2.17. The van der Waals surface area contributed by atoms with Crippen LogP contribution in [0.3, 0.4) is 0 Å². The molecule has 0 spiro atoms. The van der Waals surface area contributed by atoms with Crippen LogP contribution >= 0.6 is 0 Å². The van der Waals surface area contributed by atoms with E-state index >= 15 is 0 Å². The fourth-order valence-electron chi connectivity index (χ4n) is 3.19. The molecule has 2 N–H and O–H groups in total. The summed E-state index contributed by atoms with van der Waals surface area (Å²) in [6.45, 7) is 3.01. The van der Waals surface area contributed by atoms with E-state index in [0.29, 0.717) is 12.2 Å². The predicted molar refractivity (Wildman–Crippen MR) is 113 cm³/mol. The molecule has 2 atom stereocenters. The van der Waals surface area contributed by atoms with Gasteiger partial charge in [-0.25, -0.2) is 0 Å². The van der Waals surface area contributed by atoms with Gasteiger partial charge in [0.15, 0.2) is 0 Å². The topological polar surface area (TPSA) is 72.4 Å². The molecule has 0 aliphatic carbocycles. The second-order valence-corrected chi connectivity index (χ2v) is 9.06. The van der Waals surface area contributed by atoms with Crippen molar-refractivity contribution in [2.45, 2.75) is 109 Å². The summed E-state index contributed by atoms with van der Waals surface area (Å²) in [6.07, 6.45) is 20.7. The Balaban J connectivity index is 3.31. The molecule has 0 saturated carbocycles. The Kier molecular flexibility index (Phi) is 19.3. The van der Waals surface area contributed by atoms with Crippen molar-refractivity contribution in [1.82, 2.24) is 5.32 Å². The average molecular weight is 390 g/mol. The Labute approximate surface area is 165 Å². The van der Waals surface area contributed by atoms with Gasteiger partial charge in [-0.2, -0.15) is 0 Å². The minimum absolute atomic E-state index is 0.442. The van der Waals surface area contributed by atoms with E-state index in [1.165, 1.54) is 77.0 Å². The first-order valence-corrected chi connectivity index (χ1v) is 12.6. The van der Waals surface area contributed by atoms with Gasteiger partial charge >= 0.3 is 5.97 Å². The summed E-state index contributed by atoms with van der Waals surface area (Å²) >= 11 is -0.925. The summed E-state index contributed by atoms with van der Waals surface area (Å²) in [5, 5.41) is 12.2. The van der Waals surface area contributed by atoms with Gasteiger partial charge in [0.25, 0.3) is 0 Å². The Morgan fingerprint density at radius 1 is 0.885 bits per heavy atom. The van der Waals surface area contributed by atoms with Crippen LogP contribution in [0, 0.1) is 0 Å². The largest absolute Gasteiger partial charge is 0.617 e. The predicted octanol–water partition coefficient (Wildman–Crippen LogP) is 5.28. The van der Waals surface area contributed by atoms with E-state index in [1.807, 2.05) is 0 Å². The molecule has 0 rings (SSSR count). The highest BCUT2D eigenvalue weighted by Crippen LogP contribution is 2.12. The molecule has 0 heterocycles.